The fourth-order valence-corrected chi connectivity index (χ4v) is 1.71. The molecule has 0 aliphatic rings. The zero-order valence-electron chi connectivity index (χ0n) is 10.4. The topological polar surface area (TPSA) is 35.2 Å². The zero-order valence-corrected chi connectivity index (χ0v) is 12.2. The third-order valence-electron chi connectivity index (χ3n) is 2.99. The maximum Gasteiger partial charge on any atom is 0.192 e. The smallest absolute Gasteiger partial charge is 0.192 e. The third kappa shape index (κ3) is 5.34. The van der Waals surface area contributed by atoms with Crippen LogP contribution >= 0.6 is 12.4 Å². The summed E-state index contributed by atoms with van der Waals surface area (Å²) in [7, 11) is -1.56. The highest BCUT2D eigenvalue weighted by molar-refractivity contribution is 6.74. The molecule has 0 unspecified atom stereocenters. The summed E-state index contributed by atoms with van der Waals surface area (Å²) in [5.74, 6) is 0. The molecule has 0 radical (unpaired) electrons. The van der Waals surface area contributed by atoms with Gasteiger partial charge in [-0.2, -0.15) is 0 Å². The van der Waals surface area contributed by atoms with Crippen molar-refractivity contribution in [3.63, 3.8) is 0 Å². The van der Waals surface area contributed by atoms with Crippen molar-refractivity contribution in [3.05, 3.63) is 0 Å². The molecule has 0 aliphatic heterocycles. The Kier molecular flexibility index (Phi) is 7.35. The molecular formula is C10H26ClNOSi. The average molecular weight is 240 g/mol. The van der Waals surface area contributed by atoms with Crippen molar-refractivity contribution in [1.29, 1.82) is 0 Å². The highest BCUT2D eigenvalue weighted by Gasteiger charge is 2.37. The van der Waals surface area contributed by atoms with E-state index in [1.54, 1.807) is 0 Å². The van der Waals surface area contributed by atoms with Gasteiger partial charge in [0.05, 0.1) is 0 Å². The van der Waals surface area contributed by atoms with Crippen LogP contribution in [0.4, 0.5) is 0 Å². The predicted octanol–water partition coefficient (Wildman–Crippen LogP) is 3.17. The third-order valence-corrected chi connectivity index (χ3v) is 7.49. The molecule has 0 aliphatic carbocycles. The highest BCUT2D eigenvalue weighted by Crippen LogP contribution is 2.36. The van der Waals surface area contributed by atoms with E-state index in [2.05, 4.69) is 40.8 Å². The molecule has 0 amide bonds. The van der Waals surface area contributed by atoms with Crippen LogP contribution in [0.5, 0.6) is 0 Å². The van der Waals surface area contributed by atoms with Gasteiger partial charge in [0.15, 0.2) is 8.32 Å². The van der Waals surface area contributed by atoms with Crippen molar-refractivity contribution in [2.24, 2.45) is 5.73 Å². The summed E-state index contributed by atoms with van der Waals surface area (Å²) in [6.45, 7) is 14.1. The summed E-state index contributed by atoms with van der Waals surface area (Å²) >= 11 is 0. The SMILES string of the molecule is CC[C@H](N)CO[Si](C)(C)C(C)(C)C.Cl. The van der Waals surface area contributed by atoms with Crippen LogP contribution in [0, 0.1) is 0 Å². The molecule has 0 fully saturated rings. The molecule has 0 saturated carbocycles. The van der Waals surface area contributed by atoms with Crippen LogP contribution in [0.1, 0.15) is 34.1 Å². The minimum Gasteiger partial charge on any atom is -0.415 e. The van der Waals surface area contributed by atoms with E-state index in [9.17, 15) is 0 Å². The molecule has 0 aromatic rings. The Morgan fingerprint density at radius 3 is 2.00 bits per heavy atom. The number of rotatable bonds is 4. The molecule has 0 saturated heterocycles. The van der Waals surface area contributed by atoms with Gasteiger partial charge in [-0.05, 0) is 24.6 Å². The molecule has 0 spiro atoms. The van der Waals surface area contributed by atoms with Gasteiger partial charge in [0, 0.05) is 12.6 Å². The van der Waals surface area contributed by atoms with E-state index in [1.165, 1.54) is 0 Å². The quantitative estimate of drug-likeness (QED) is 0.765. The lowest BCUT2D eigenvalue weighted by Crippen LogP contribution is -2.43. The first-order valence-electron chi connectivity index (χ1n) is 5.10. The summed E-state index contributed by atoms with van der Waals surface area (Å²) in [6, 6.07) is 0.203. The van der Waals surface area contributed by atoms with Crippen LogP contribution in [0.2, 0.25) is 18.1 Å². The Bertz CT molecular complexity index is 157. The molecule has 4 heteroatoms. The fraction of sp³-hybridized carbons (Fsp3) is 1.00. The summed E-state index contributed by atoms with van der Waals surface area (Å²) in [4.78, 5) is 0. The van der Waals surface area contributed by atoms with Crippen molar-refractivity contribution in [2.45, 2.75) is 58.3 Å². The minimum atomic E-state index is -1.56. The van der Waals surface area contributed by atoms with Crippen LogP contribution < -0.4 is 5.73 Å². The van der Waals surface area contributed by atoms with Crippen molar-refractivity contribution < 1.29 is 4.43 Å². The molecule has 0 heterocycles. The van der Waals surface area contributed by atoms with E-state index in [0.29, 0.717) is 11.6 Å². The fourth-order valence-electron chi connectivity index (χ4n) is 0.650. The lowest BCUT2D eigenvalue weighted by molar-refractivity contribution is 0.260. The molecule has 88 valence electrons. The van der Waals surface area contributed by atoms with Gasteiger partial charge in [0.25, 0.3) is 0 Å². The zero-order chi connectivity index (χ0) is 10.7. The van der Waals surface area contributed by atoms with E-state index in [-0.39, 0.29) is 18.4 Å². The summed E-state index contributed by atoms with van der Waals surface area (Å²) in [6.07, 6.45) is 0.995. The maximum atomic E-state index is 5.96. The summed E-state index contributed by atoms with van der Waals surface area (Å²) in [5, 5.41) is 0.292. The lowest BCUT2D eigenvalue weighted by atomic mass is 10.2. The molecule has 14 heavy (non-hydrogen) atoms. The lowest BCUT2D eigenvalue weighted by Gasteiger charge is -2.36. The van der Waals surface area contributed by atoms with Gasteiger partial charge >= 0.3 is 0 Å². The second kappa shape index (κ2) is 6.11. The van der Waals surface area contributed by atoms with Gasteiger partial charge < -0.3 is 10.2 Å². The average Bonchev–Trinajstić information content (AvgIpc) is 1.98. The normalized spacial score (nSPS) is 14.8. The van der Waals surface area contributed by atoms with Crippen molar-refractivity contribution in [3.8, 4) is 0 Å². The van der Waals surface area contributed by atoms with Crippen LogP contribution in [0.3, 0.4) is 0 Å². The first-order chi connectivity index (χ1) is 5.70. The van der Waals surface area contributed by atoms with Gasteiger partial charge in [-0.3, -0.25) is 0 Å². The Labute approximate surface area is 96.1 Å². The first-order valence-corrected chi connectivity index (χ1v) is 8.01. The number of nitrogens with two attached hydrogens (primary N) is 1. The van der Waals surface area contributed by atoms with E-state index >= 15 is 0 Å². The second-order valence-electron chi connectivity index (χ2n) is 5.24. The molecule has 0 bridgehead atoms. The van der Waals surface area contributed by atoms with E-state index in [1.807, 2.05) is 0 Å². The van der Waals surface area contributed by atoms with E-state index < -0.39 is 8.32 Å². The Morgan fingerprint density at radius 2 is 1.71 bits per heavy atom. The van der Waals surface area contributed by atoms with Gasteiger partial charge in [-0.1, -0.05) is 27.7 Å². The number of hydrogen-bond acceptors (Lipinski definition) is 2. The Hall–Kier alpha value is 0.427. The van der Waals surface area contributed by atoms with Gasteiger partial charge in [0.1, 0.15) is 0 Å². The number of hydrogen-bond donors (Lipinski definition) is 1. The van der Waals surface area contributed by atoms with Crippen molar-refractivity contribution >= 4 is 20.7 Å². The van der Waals surface area contributed by atoms with E-state index in [0.717, 1.165) is 6.42 Å². The summed E-state index contributed by atoms with van der Waals surface area (Å²) < 4.78 is 5.96. The van der Waals surface area contributed by atoms with Gasteiger partial charge in [0.2, 0.25) is 0 Å². The second-order valence-corrected chi connectivity index (χ2v) is 10.0. The molecule has 0 aromatic carbocycles. The molecular weight excluding hydrogens is 214 g/mol. The van der Waals surface area contributed by atoms with Crippen LogP contribution in [-0.4, -0.2) is 21.0 Å². The van der Waals surface area contributed by atoms with Gasteiger partial charge in [-0.25, -0.2) is 0 Å². The van der Waals surface area contributed by atoms with Gasteiger partial charge in [-0.15, -0.1) is 12.4 Å². The molecule has 0 aromatic heterocycles. The standard InChI is InChI=1S/C10H25NOSi.ClH/c1-7-9(11)8-12-13(5,6)10(2,3)4;/h9H,7-8,11H2,1-6H3;1H/t9-;/m0./s1. The van der Waals surface area contributed by atoms with Crippen LogP contribution in [-0.2, 0) is 4.43 Å². The Morgan fingerprint density at radius 1 is 1.29 bits per heavy atom. The summed E-state index contributed by atoms with van der Waals surface area (Å²) in [5.41, 5.74) is 5.82. The highest BCUT2D eigenvalue weighted by atomic mass is 35.5. The molecule has 1 atom stereocenters. The predicted molar refractivity (Wildman–Crippen MR) is 68.7 cm³/mol. The van der Waals surface area contributed by atoms with Crippen LogP contribution in [0.15, 0.2) is 0 Å². The van der Waals surface area contributed by atoms with Crippen molar-refractivity contribution in [2.75, 3.05) is 6.61 Å². The van der Waals surface area contributed by atoms with Crippen molar-refractivity contribution in [1.82, 2.24) is 0 Å². The monoisotopic (exact) mass is 239 g/mol. The minimum absolute atomic E-state index is 0. The number of halogens is 1. The Balaban J connectivity index is 0. The molecule has 0 rings (SSSR count). The molecule has 2 nitrogen and oxygen atoms in total. The van der Waals surface area contributed by atoms with E-state index in [4.69, 9.17) is 10.2 Å². The largest absolute Gasteiger partial charge is 0.415 e. The first kappa shape index (κ1) is 16.8. The maximum absolute atomic E-state index is 5.96. The van der Waals surface area contributed by atoms with Crippen LogP contribution in [0.25, 0.3) is 0 Å². The molecule has 2 N–H and O–H groups in total.